The van der Waals surface area contributed by atoms with E-state index in [2.05, 4.69) is 29.4 Å². The molecule has 1 aromatic carbocycles. The number of rotatable bonds is 5. The lowest BCUT2D eigenvalue weighted by atomic mass is 9.95. The number of unbranched alkanes of at least 4 members (excludes halogenated alkanes) is 2. The van der Waals surface area contributed by atoms with Gasteiger partial charge >= 0.3 is 12.0 Å². The first-order valence-electron chi connectivity index (χ1n) is 8.61. The number of amides is 2. The number of esters is 1. The molecule has 0 bridgehead atoms. The lowest BCUT2D eigenvalue weighted by molar-refractivity contribution is -0.139. The van der Waals surface area contributed by atoms with Gasteiger partial charge in [0, 0.05) is 17.7 Å². The number of hydrogen-bond acceptors (Lipinski definition) is 3. The van der Waals surface area contributed by atoms with Gasteiger partial charge in [-0.1, -0.05) is 37.3 Å². The molecule has 1 aliphatic rings. The monoisotopic (exact) mass is 340 g/mol. The fourth-order valence-corrected chi connectivity index (χ4v) is 2.61. The summed E-state index contributed by atoms with van der Waals surface area (Å²) in [7, 11) is 0. The molecule has 0 radical (unpaired) electrons. The van der Waals surface area contributed by atoms with Crippen LogP contribution in [0.4, 0.5) is 4.79 Å². The van der Waals surface area contributed by atoms with E-state index in [4.69, 9.17) is 4.74 Å². The van der Waals surface area contributed by atoms with Gasteiger partial charge in [0.05, 0.1) is 18.2 Å². The average molecular weight is 340 g/mol. The molecular formula is C20H24N2O3. The van der Waals surface area contributed by atoms with E-state index in [1.165, 1.54) is 0 Å². The maximum atomic E-state index is 12.3. The molecule has 25 heavy (non-hydrogen) atoms. The Labute approximate surface area is 148 Å². The summed E-state index contributed by atoms with van der Waals surface area (Å²) in [6.07, 6.45) is 3.11. The predicted molar refractivity (Wildman–Crippen MR) is 96.6 cm³/mol. The molecule has 1 atom stereocenters. The SMILES string of the molecule is CCCCC#Cc1ccc([C@H]2NC(=O)NC(C)=C2C(=O)OCC)cc1. The smallest absolute Gasteiger partial charge is 0.338 e. The van der Waals surface area contributed by atoms with Gasteiger partial charge in [-0.05, 0) is 38.0 Å². The Morgan fingerprint density at radius 1 is 1.24 bits per heavy atom. The molecule has 132 valence electrons. The Balaban J connectivity index is 2.24. The highest BCUT2D eigenvalue weighted by molar-refractivity contribution is 5.95. The molecule has 1 aliphatic heterocycles. The van der Waals surface area contributed by atoms with Gasteiger partial charge in [0.2, 0.25) is 0 Å². The zero-order chi connectivity index (χ0) is 18.2. The number of carbonyl (C=O) groups excluding carboxylic acids is 2. The molecule has 0 saturated heterocycles. The van der Waals surface area contributed by atoms with Crippen molar-refractivity contribution in [1.82, 2.24) is 10.6 Å². The minimum Gasteiger partial charge on any atom is -0.463 e. The molecule has 5 heteroatoms. The molecule has 0 fully saturated rings. The first-order chi connectivity index (χ1) is 12.1. The van der Waals surface area contributed by atoms with E-state index in [0.717, 1.165) is 30.4 Å². The zero-order valence-corrected chi connectivity index (χ0v) is 14.9. The van der Waals surface area contributed by atoms with Gasteiger partial charge in [0.1, 0.15) is 0 Å². The van der Waals surface area contributed by atoms with Crippen LogP contribution in [0.3, 0.4) is 0 Å². The Bertz CT molecular complexity index is 724. The minimum absolute atomic E-state index is 0.280. The molecule has 0 aromatic heterocycles. The van der Waals surface area contributed by atoms with Crippen LogP contribution in [0.5, 0.6) is 0 Å². The topological polar surface area (TPSA) is 67.4 Å². The van der Waals surface area contributed by atoms with Gasteiger partial charge in [-0.25, -0.2) is 9.59 Å². The largest absolute Gasteiger partial charge is 0.463 e. The molecule has 2 amide bonds. The van der Waals surface area contributed by atoms with Crippen LogP contribution < -0.4 is 10.6 Å². The molecular weight excluding hydrogens is 316 g/mol. The highest BCUT2D eigenvalue weighted by Gasteiger charge is 2.31. The summed E-state index contributed by atoms with van der Waals surface area (Å²) in [5, 5.41) is 5.41. The van der Waals surface area contributed by atoms with Gasteiger partial charge in [-0.15, -0.1) is 0 Å². The van der Waals surface area contributed by atoms with Crippen LogP contribution in [0.15, 0.2) is 35.5 Å². The summed E-state index contributed by atoms with van der Waals surface area (Å²) in [6.45, 7) is 5.87. The maximum Gasteiger partial charge on any atom is 0.338 e. The van der Waals surface area contributed by atoms with E-state index in [1.54, 1.807) is 13.8 Å². The van der Waals surface area contributed by atoms with Crippen LogP contribution in [0.1, 0.15) is 57.2 Å². The van der Waals surface area contributed by atoms with Crippen LogP contribution >= 0.6 is 0 Å². The number of benzene rings is 1. The van der Waals surface area contributed by atoms with Crippen molar-refractivity contribution in [3.05, 3.63) is 46.7 Å². The number of allylic oxidation sites excluding steroid dienone is 1. The Morgan fingerprint density at radius 3 is 2.60 bits per heavy atom. The van der Waals surface area contributed by atoms with Crippen molar-refractivity contribution in [2.24, 2.45) is 0 Å². The molecule has 0 unspecified atom stereocenters. The van der Waals surface area contributed by atoms with Gasteiger partial charge in [-0.2, -0.15) is 0 Å². The van der Waals surface area contributed by atoms with Crippen LogP contribution in [0.2, 0.25) is 0 Å². The van der Waals surface area contributed by atoms with Crippen molar-refractivity contribution in [2.75, 3.05) is 6.61 Å². The summed E-state index contributed by atoms with van der Waals surface area (Å²) >= 11 is 0. The molecule has 2 rings (SSSR count). The van der Waals surface area contributed by atoms with E-state index in [-0.39, 0.29) is 12.6 Å². The average Bonchev–Trinajstić information content (AvgIpc) is 2.59. The first-order valence-corrected chi connectivity index (χ1v) is 8.61. The van der Waals surface area contributed by atoms with Crippen molar-refractivity contribution in [2.45, 2.75) is 46.1 Å². The standard InChI is InChI=1S/C20H24N2O3/c1-4-6-7-8-9-15-10-12-16(13-11-15)18-17(19(23)25-5-2)14(3)21-20(24)22-18/h10-13,18H,4-7H2,1-3H3,(H2,21,22,24)/t18-/m1/s1. The fraction of sp³-hybridized carbons (Fsp3) is 0.400. The van der Waals surface area contributed by atoms with Crippen molar-refractivity contribution in [3.63, 3.8) is 0 Å². The Morgan fingerprint density at radius 2 is 1.96 bits per heavy atom. The van der Waals surface area contributed by atoms with Gasteiger partial charge in [0.15, 0.2) is 0 Å². The molecule has 0 spiro atoms. The summed E-state index contributed by atoms with van der Waals surface area (Å²) in [4.78, 5) is 24.1. The Kier molecular flexibility index (Phi) is 6.64. The lowest BCUT2D eigenvalue weighted by Gasteiger charge is -2.28. The maximum absolute atomic E-state index is 12.3. The normalized spacial score (nSPS) is 16.4. The highest BCUT2D eigenvalue weighted by Crippen LogP contribution is 2.27. The van der Waals surface area contributed by atoms with E-state index < -0.39 is 12.0 Å². The number of carbonyl (C=O) groups is 2. The third-order valence-electron chi connectivity index (χ3n) is 3.90. The second-order valence-electron chi connectivity index (χ2n) is 5.82. The van der Waals surface area contributed by atoms with Gasteiger partial charge in [-0.3, -0.25) is 0 Å². The minimum atomic E-state index is -0.532. The lowest BCUT2D eigenvalue weighted by Crippen LogP contribution is -2.45. The van der Waals surface area contributed by atoms with Gasteiger partial charge < -0.3 is 15.4 Å². The molecule has 1 heterocycles. The predicted octanol–water partition coefficient (Wildman–Crippen LogP) is 3.42. The van der Waals surface area contributed by atoms with Crippen molar-refractivity contribution >= 4 is 12.0 Å². The van der Waals surface area contributed by atoms with E-state index in [9.17, 15) is 9.59 Å². The van der Waals surface area contributed by atoms with Crippen molar-refractivity contribution < 1.29 is 14.3 Å². The second-order valence-corrected chi connectivity index (χ2v) is 5.82. The van der Waals surface area contributed by atoms with E-state index in [0.29, 0.717) is 11.3 Å². The van der Waals surface area contributed by atoms with Crippen LogP contribution in [0.25, 0.3) is 0 Å². The quantitative estimate of drug-likeness (QED) is 0.490. The number of hydrogen-bond donors (Lipinski definition) is 2. The zero-order valence-electron chi connectivity index (χ0n) is 14.9. The first kappa shape index (κ1) is 18.6. The van der Waals surface area contributed by atoms with Crippen LogP contribution in [-0.4, -0.2) is 18.6 Å². The van der Waals surface area contributed by atoms with Crippen LogP contribution in [0, 0.1) is 11.8 Å². The molecule has 0 aliphatic carbocycles. The third-order valence-corrected chi connectivity index (χ3v) is 3.90. The fourth-order valence-electron chi connectivity index (χ4n) is 2.61. The number of urea groups is 1. The Hall–Kier alpha value is -2.74. The van der Waals surface area contributed by atoms with E-state index >= 15 is 0 Å². The van der Waals surface area contributed by atoms with E-state index in [1.807, 2.05) is 24.3 Å². The van der Waals surface area contributed by atoms with Crippen molar-refractivity contribution in [1.29, 1.82) is 0 Å². The summed E-state index contributed by atoms with van der Waals surface area (Å²) in [5.41, 5.74) is 2.66. The second kappa shape index (κ2) is 8.93. The van der Waals surface area contributed by atoms with Crippen LogP contribution in [-0.2, 0) is 9.53 Å². The summed E-state index contributed by atoms with van der Waals surface area (Å²) in [6, 6.07) is 6.70. The van der Waals surface area contributed by atoms with Crippen molar-refractivity contribution in [3.8, 4) is 11.8 Å². The molecule has 1 aromatic rings. The molecule has 2 N–H and O–H groups in total. The summed E-state index contributed by atoms with van der Waals surface area (Å²) < 4.78 is 5.13. The third kappa shape index (κ3) is 4.87. The molecule has 5 nitrogen and oxygen atoms in total. The summed E-state index contributed by atoms with van der Waals surface area (Å²) in [5.74, 6) is 5.84. The van der Waals surface area contributed by atoms with Gasteiger partial charge in [0.25, 0.3) is 0 Å². The molecule has 0 saturated carbocycles. The number of nitrogens with one attached hydrogen (secondary N) is 2. The highest BCUT2D eigenvalue weighted by atomic mass is 16.5. The number of ether oxygens (including phenoxy) is 1.